The van der Waals surface area contributed by atoms with Gasteiger partial charge in [-0.1, -0.05) is 11.6 Å². The van der Waals surface area contributed by atoms with Crippen LogP contribution in [0.15, 0.2) is 18.2 Å². The molecule has 0 aliphatic carbocycles. The first-order valence-corrected chi connectivity index (χ1v) is 5.62. The monoisotopic (exact) mass is 256 g/mol. The van der Waals surface area contributed by atoms with Gasteiger partial charge in [-0.2, -0.15) is 0 Å². The van der Waals surface area contributed by atoms with Crippen LogP contribution in [0.25, 0.3) is 0 Å². The lowest BCUT2D eigenvalue weighted by Gasteiger charge is -2.23. The standard InChI is InChI=1S/C12H17ClN2O2/c1-12(2,14-3)11(16)15-10-6-5-8(17-4)7-9(10)13/h5-7,14H,1-4H3,(H,15,16). The fourth-order valence-electron chi connectivity index (χ4n) is 1.12. The van der Waals surface area contributed by atoms with E-state index in [2.05, 4.69) is 10.6 Å². The topological polar surface area (TPSA) is 50.4 Å². The highest BCUT2D eigenvalue weighted by molar-refractivity contribution is 6.34. The van der Waals surface area contributed by atoms with Crippen LogP contribution in [0.4, 0.5) is 5.69 Å². The van der Waals surface area contributed by atoms with Gasteiger partial charge >= 0.3 is 0 Å². The molecule has 2 N–H and O–H groups in total. The molecule has 94 valence electrons. The van der Waals surface area contributed by atoms with Crippen molar-refractivity contribution in [2.45, 2.75) is 19.4 Å². The minimum Gasteiger partial charge on any atom is -0.497 e. The van der Waals surface area contributed by atoms with E-state index in [1.165, 1.54) is 0 Å². The second-order valence-corrected chi connectivity index (χ2v) is 4.58. The molecule has 0 aliphatic rings. The minimum absolute atomic E-state index is 0.146. The lowest BCUT2D eigenvalue weighted by molar-refractivity contribution is -0.121. The Morgan fingerprint density at radius 3 is 2.53 bits per heavy atom. The minimum atomic E-state index is -0.650. The molecule has 1 amide bonds. The number of hydrogen-bond donors (Lipinski definition) is 2. The molecule has 17 heavy (non-hydrogen) atoms. The number of halogens is 1. The zero-order valence-electron chi connectivity index (χ0n) is 10.4. The summed E-state index contributed by atoms with van der Waals surface area (Å²) in [6.45, 7) is 3.58. The molecule has 0 saturated heterocycles. The van der Waals surface area contributed by atoms with E-state index in [9.17, 15) is 4.79 Å². The summed E-state index contributed by atoms with van der Waals surface area (Å²) in [6, 6.07) is 5.11. The van der Waals surface area contributed by atoms with Crippen molar-refractivity contribution in [1.82, 2.24) is 5.32 Å². The van der Waals surface area contributed by atoms with Crippen LogP contribution in [0.2, 0.25) is 5.02 Å². The fraction of sp³-hybridized carbons (Fsp3) is 0.417. The first kappa shape index (κ1) is 13.8. The molecule has 0 bridgehead atoms. The Balaban J connectivity index is 2.86. The van der Waals surface area contributed by atoms with Crippen LogP contribution in [0, 0.1) is 0 Å². The van der Waals surface area contributed by atoms with Crippen LogP contribution >= 0.6 is 11.6 Å². The van der Waals surface area contributed by atoms with Crippen molar-refractivity contribution < 1.29 is 9.53 Å². The highest BCUT2D eigenvalue weighted by Crippen LogP contribution is 2.27. The van der Waals surface area contributed by atoms with Gasteiger partial charge < -0.3 is 15.4 Å². The summed E-state index contributed by atoms with van der Waals surface area (Å²) in [7, 11) is 3.29. The highest BCUT2D eigenvalue weighted by Gasteiger charge is 2.25. The smallest absolute Gasteiger partial charge is 0.244 e. The van der Waals surface area contributed by atoms with Crippen LogP contribution in [0.3, 0.4) is 0 Å². The molecule has 0 saturated carbocycles. The molecule has 0 aromatic heterocycles. The third-order valence-electron chi connectivity index (χ3n) is 2.62. The van der Waals surface area contributed by atoms with Gasteiger partial charge in [0.25, 0.3) is 0 Å². The van der Waals surface area contributed by atoms with Crippen LogP contribution in [0.1, 0.15) is 13.8 Å². The number of nitrogens with one attached hydrogen (secondary N) is 2. The summed E-state index contributed by atoms with van der Waals surface area (Å²) in [5.41, 5.74) is -0.0794. The number of carbonyl (C=O) groups excluding carboxylic acids is 1. The first-order chi connectivity index (χ1) is 7.90. The maximum absolute atomic E-state index is 11.9. The number of anilines is 1. The van der Waals surface area contributed by atoms with Gasteiger partial charge in [0, 0.05) is 6.07 Å². The van der Waals surface area contributed by atoms with E-state index >= 15 is 0 Å². The number of ether oxygens (including phenoxy) is 1. The van der Waals surface area contributed by atoms with E-state index in [4.69, 9.17) is 16.3 Å². The lowest BCUT2D eigenvalue weighted by atomic mass is 10.1. The third-order valence-corrected chi connectivity index (χ3v) is 2.93. The molecule has 0 radical (unpaired) electrons. The predicted octanol–water partition coefficient (Wildman–Crippen LogP) is 2.29. The molecular weight excluding hydrogens is 240 g/mol. The van der Waals surface area contributed by atoms with Crippen molar-refractivity contribution in [2.75, 3.05) is 19.5 Å². The van der Waals surface area contributed by atoms with Gasteiger partial charge in [-0.25, -0.2) is 0 Å². The number of methoxy groups -OCH3 is 1. The van der Waals surface area contributed by atoms with E-state index in [-0.39, 0.29) is 5.91 Å². The van der Waals surface area contributed by atoms with Crippen LogP contribution in [-0.2, 0) is 4.79 Å². The highest BCUT2D eigenvalue weighted by atomic mass is 35.5. The molecule has 1 aromatic rings. The van der Waals surface area contributed by atoms with Gasteiger partial charge in [0.05, 0.1) is 23.4 Å². The average Bonchev–Trinajstić information content (AvgIpc) is 2.31. The molecular formula is C12H17ClN2O2. The van der Waals surface area contributed by atoms with Crippen LogP contribution in [0.5, 0.6) is 5.75 Å². The number of likely N-dealkylation sites (N-methyl/N-ethyl adjacent to an activating group) is 1. The molecule has 0 unspecified atom stereocenters. The summed E-state index contributed by atoms with van der Waals surface area (Å²) in [5.74, 6) is 0.507. The summed E-state index contributed by atoms with van der Waals surface area (Å²) in [5, 5.41) is 6.14. The summed E-state index contributed by atoms with van der Waals surface area (Å²) in [4.78, 5) is 11.9. The third kappa shape index (κ3) is 3.35. The number of amides is 1. The van der Waals surface area contributed by atoms with Gasteiger partial charge in [0.1, 0.15) is 5.75 Å². The van der Waals surface area contributed by atoms with Gasteiger partial charge in [0.15, 0.2) is 0 Å². The molecule has 0 spiro atoms. The maximum atomic E-state index is 11.9. The van der Waals surface area contributed by atoms with Gasteiger partial charge in [-0.15, -0.1) is 0 Å². The Bertz CT molecular complexity index is 419. The first-order valence-electron chi connectivity index (χ1n) is 5.24. The molecule has 0 fully saturated rings. The van der Waals surface area contributed by atoms with Crippen molar-refractivity contribution in [3.8, 4) is 5.75 Å². The zero-order valence-corrected chi connectivity index (χ0v) is 11.2. The Kier molecular flexibility index (Phi) is 4.37. The predicted molar refractivity (Wildman–Crippen MR) is 69.8 cm³/mol. The number of carbonyl (C=O) groups is 1. The molecule has 1 aromatic carbocycles. The van der Waals surface area contributed by atoms with E-state index in [1.54, 1.807) is 46.2 Å². The molecule has 0 heterocycles. The number of rotatable bonds is 4. The normalized spacial score (nSPS) is 11.1. The molecule has 5 heteroatoms. The largest absolute Gasteiger partial charge is 0.497 e. The lowest BCUT2D eigenvalue weighted by Crippen LogP contribution is -2.47. The zero-order chi connectivity index (χ0) is 13.1. The average molecular weight is 257 g/mol. The molecule has 0 atom stereocenters. The van der Waals surface area contributed by atoms with Gasteiger partial charge in [-0.05, 0) is 33.0 Å². The van der Waals surface area contributed by atoms with E-state index < -0.39 is 5.54 Å². The summed E-state index contributed by atoms with van der Waals surface area (Å²) < 4.78 is 5.03. The second-order valence-electron chi connectivity index (χ2n) is 4.17. The Morgan fingerprint density at radius 1 is 1.41 bits per heavy atom. The second kappa shape index (κ2) is 5.38. The Morgan fingerprint density at radius 2 is 2.06 bits per heavy atom. The van der Waals surface area contributed by atoms with Crippen molar-refractivity contribution in [3.05, 3.63) is 23.2 Å². The van der Waals surface area contributed by atoms with E-state index in [0.29, 0.717) is 16.5 Å². The van der Waals surface area contributed by atoms with Crippen LogP contribution < -0.4 is 15.4 Å². The van der Waals surface area contributed by atoms with E-state index in [0.717, 1.165) is 0 Å². The SMILES string of the molecule is CNC(C)(C)C(=O)Nc1ccc(OC)cc1Cl. The van der Waals surface area contributed by atoms with Crippen molar-refractivity contribution in [1.29, 1.82) is 0 Å². The summed E-state index contributed by atoms with van der Waals surface area (Å²) >= 11 is 6.03. The Labute approximate surface area is 106 Å². The maximum Gasteiger partial charge on any atom is 0.244 e. The van der Waals surface area contributed by atoms with Gasteiger partial charge in [0.2, 0.25) is 5.91 Å². The molecule has 4 nitrogen and oxygen atoms in total. The summed E-state index contributed by atoms with van der Waals surface area (Å²) in [6.07, 6.45) is 0. The number of benzene rings is 1. The van der Waals surface area contributed by atoms with Crippen molar-refractivity contribution in [3.63, 3.8) is 0 Å². The molecule has 1 rings (SSSR count). The van der Waals surface area contributed by atoms with Crippen molar-refractivity contribution in [2.24, 2.45) is 0 Å². The van der Waals surface area contributed by atoms with Crippen molar-refractivity contribution >= 4 is 23.2 Å². The fourth-order valence-corrected chi connectivity index (χ4v) is 1.33. The quantitative estimate of drug-likeness (QED) is 0.869. The van der Waals surface area contributed by atoms with E-state index in [1.807, 2.05) is 0 Å². The Hall–Kier alpha value is -1.26. The number of hydrogen-bond acceptors (Lipinski definition) is 3. The van der Waals surface area contributed by atoms with Gasteiger partial charge in [-0.3, -0.25) is 4.79 Å². The molecule has 0 aliphatic heterocycles. The van der Waals surface area contributed by atoms with Crippen LogP contribution in [-0.4, -0.2) is 25.6 Å².